The van der Waals surface area contributed by atoms with Crippen LogP contribution in [-0.4, -0.2) is 39.1 Å². The average Bonchev–Trinajstić information content (AvgIpc) is 3.25. The zero-order valence-electron chi connectivity index (χ0n) is 16.0. The van der Waals surface area contributed by atoms with E-state index < -0.39 is 0 Å². The minimum Gasteiger partial charge on any atom is -0.463 e. The maximum absolute atomic E-state index is 11.9. The molecule has 0 bridgehead atoms. The summed E-state index contributed by atoms with van der Waals surface area (Å²) in [6.45, 7) is 2.12. The summed E-state index contributed by atoms with van der Waals surface area (Å²) in [5.41, 5.74) is 4.52. The SMILES string of the molecule is CCOC(=O)/C=C/c1c(-c2cc3ccccc3[nH]2)c2c(NC)ncnc2n1C. The summed E-state index contributed by atoms with van der Waals surface area (Å²) in [6.07, 6.45) is 4.73. The van der Waals surface area contributed by atoms with Crippen LogP contribution >= 0.6 is 0 Å². The van der Waals surface area contributed by atoms with Crippen LogP contribution < -0.4 is 5.32 Å². The third-order valence-electron chi connectivity index (χ3n) is 4.71. The Hall–Kier alpha value is -3.61. The molecule has 7 heteroatoms. The fourth-order valence-corrected chi connectivity index (χ4v) is 3.47. The van der Waals surface area contributed by atoms with Crippen LogP contribution in [0.3, 0.4) is 0 Å². The number of H-pyrrole nitrogens is 1. The molecule has 3 heterocycles. The van der Waals surface area contributed by atoms with Crippen LogP contribution in [0, 0.1) is 0 Å². The van der Waals surface area contributed by atoms with Crippen molar-refractivity contribution in [1.82, 2.24) is 19.5 Å². The number of ether oxygens (including phenoxy) is 1. The van der Waals surface area contributed by atoms with Gasteiger partial charge in [-0.2, -0.15) is 0 Å². The number of hydrogen-bond acceptors (Lipinski definition) is 5. The van der Waals surface area contributed by atoms with Crippen molar-refractivity contribution >= 4 is 39.8 Å². The van der Waals surface area contributed by atoms with Gasteiger partial charge in [-0.05, 0) is 25.1 Å². The first-order valence-electron chi connectivity index (χ1n) is 9.08. The first-order chi connectivity index (χ1) is 13.6. The van der Waals surface area contributed by atoms with E-state index in [1.165, 1.54) is 12.4 Å². The lowest BCUT2D eigenvalue weighted by Gasteiger charge is -2.03. The second-order valence-electron chi connectivity index (χ2n) is 6.35. The molecule has 142 valence electrons. The summed E-state index contributed by atoms with van der Waals surface area (Å²) in [4.78, 5) is 24.2. The number of carbonyl (C=O) groups is 1. The maximum Gasteiger partial charge on any atom is 0.330 e. The summed E-state index contributed by atoms with van der Waals surface area (Å²) in [5, 5.41) is 5.15. The molecule has 2 N–H and O–H groups in total. The Morgan fingerprint density at radius 1 is 1.32 bits per heavy atom. The van der Waals surface area contributed by atoms with Crippen molar-refractivity contribution in [2.75, 3.05) is 19.0 Å². The molecule has 0 radical (unpaired) electrons. The fourth-order valence-electron chi connectivity index (χ4n) is 3.47. The number of aromatic nitrogens is 4. The molecule has 0 amide bonds. The number of aromatic amines is 1. The van der Waals surface area contributed by atoms with Crippen LogP contribution in [0.4, 0.5) is 5.82 Å². The normalized spacial score (nSPS) is 11.5. The Bertz CT molecular complexity index is 1170. The van der Waals surface area contributed by atoms with Crippen molar-refractivity contribution in [3.8, 4) is 11.3 Å². The minimum absolute atomic E-state index is 0.336. The lowest BCUT2D eigenvalue weighted by atomic mass is 10.1. The molecule has 28 heavy (non-hydrogen) atoms. The predicted octanol–water partition coefficient (Wildman–Crippen LogP) is 3.73. The van der Waals surface area contributed by atoms with Gasteiger partial charge in [0.25, 0.3) is 0 Å². The van der Waals surface area contributed by atoms with Crippen LogP contribution in [0.5, 0.6) is 0 Å². The van der Waals surface area contributed by atoms with E-state index >= 15 is 0 Å². The summed E-state index contributed by atoms with van der Waals surface area (Å²) < 4.78 is 6.99. The van der Waals surface area contributed by atoms with Crippen molar-refractivity contribution in [1.29, 1.82) is 0 Å². The number of esters is 1. The largest absolute Gasteiger partial charge is 0.463 e. The molecule has 1 aromatic carbocycles. The van der Waals surface area contributed by atoms with Gasteiger partial charge >= 0.3 is 5.97 Å². The second kappa shape index (κ2) is 7.19. The summed E-state index contributed by atoms with van der Waals surface area (Å²) in [5.74, 6) is 0.348. The minimum atomic E-state index is -0.379. The van der Waals surface area contributed by atoms with Gasteiger partial charge < -0.3 is 19.6 Å². The van der Waals surface area contributed by atoms with Crippen LogP contribution in [0.25, 0.3) is 39.3 Å². The molecule has 3 aromatic heterocycles. The van der Waals surface area contributed by atoms with E-state index in [2.05, 4.69) is 32.4 Å². The average molecular weight is 375 g/mol. The van der Waals surface area contributed by atoms with E-state index in [1.54, 1.807) is 13.0 Å². The smallest absolute Gasteiger partial charge is 0.330 e. The number of carbonyl (C=O) groups excluding carboxylic acids is 1. The van der Waals surface area contributed by atoms with Gasteiger partial charge in [-0.15, -0.1) is 0 Å². The van der Waals surface area contributed by atoms with Gasteiger partial charge in [-0.25, -0.2) is 14.8 Å². The molecular formula is C21H21N5O2. The van der Waals surface area contributed by atoms with Crippen LogP contribution in [-0.2, 0) is 16.6 Å². The molecule has 4 rings (SSSR count). The second-order valence-corrected chi connectivity index (χ2v) is 6.35. The molecule has 0 aliphatic rings. The van der Waals surface area contributed by atoms with Crippen LogP contribution in [0.1, 0.15) is 12.6 Å². The highest BCUT2D eigenvalue weighted by atomic mass is 16.5. The molecule has 0 saturated carbocycles. The summed E-state index contributed by atoms with van der Waals surface area (Å²) in [6, 6.07) is 10.2. The number of rotatable bonds is 5. The van der Waals surface area contributed by atoms with Gasteiger partial charge in [-0.1, -0.05) is 18.2 Å². The van der Waals surface area contributed by atoms with Crippen molar-refractivity contribution in [3.63, 3.8) is 0 Å². The summed E-state index contributed by atoms with van der Waals surface area (Å²) in [7, 11) is 3.75. The standard InChI is InChI=1S/C21H21N5O2/c1-4-28-17(27)10-9-16-18(15-11-13-7-5-6-8-14(13)25-15)19-20(22-2)23-12-24-21(19)26(16)3/h5-12,25H,4H2,1-3H3,(H,22,23,24)/b10-9+. The molecule has 4 aromatic rings. The Balaban J connectivity index is 2.01. The highest BCUT2D eigenvalue weighted by Gasteiger charge is 2.21. The van der Waals surface area contributed by atoms with E-state index in [0.717, 1.165) is 44.7 Å². The molecule has 0 saturated heterocycles. The molecule has 0 aliphatic heterocycles. The highest BCUT2D eigenvalue weighted by Crippen LogP contribution is 2.38. The zero-order valence-corrected chi connectivity index (χ0v) is 16.0. The number of aryl methyl sites for hydroxylation is 1. The number of nitrogens with one attached hydrogen (secondary N) is 2. The molecule has 0 aliphatic carbocycles. The summed E-state index contributed by atoms with van der Waals surface area (Å²) >= 11 is 0. The van der Waals surface area contributed by atoms with E-state index in [4.69, 9.17) is 4.74 Å². The van der Waals surface area contributed by atoms with Crippen molar-refractivity contribution in [3.05, 3.63) is 48.4 Å². The molecular weight excluding hydrogens is 354 g/mol. The molecule has 0 spiro atoms. The Kier molecular flexibility index (Phi) is 4.57. The monoisotopic (exact) mass is 375 g/mol. The van der Waals surface area contributed by atoms with Gasteiger partial charge in [0.15, 0.2) is 0 Å². The first-order valence-corrected chi connectivity index (χ1v) is 9.08. The lowest BCUT2D eigenvalue weighted by molar-refractivity contribution is -0.137. The van der Waals surface area contributed by atoms with Gasteiger partial charge in [0.2, 0.25) is 0 Å². The van der Waals surface area contributed by atoms with Crippen molar-refractivity contribution in [2.45, 2.75) is 6.92 Å². The first kappa shape index (κ1) is 17.8. The number of benzene rings is 1. The van der Waals surface area contributed by atoms with E-state index in [9.17, 15) is 4.79 Å². The highest BCUT2D eigenvalue weighted by molar-refractivity contribution is 6.06. The van der Waals surface area contributed by atoms with E-state index in [0.29, 0.717) is 6.61 Å². The molecule has 7 nitrogen and oxygen atoms in total. The lowest BCUT2D eigenvalue weighted by Crippen LogP contribution is -2.00. The topological polar surface area (TPSA) is 84.8 Å². The Labute approximate surface area is 162 Å². The van der Waals surface area contributed by atoms with Crippen LogP contribution in [0.15, 0.2) is 42.7 Å². The van der Waals surface area contributed by atoms with Crippen molar-refractivity contribution in [2.24, 2.45) is 7.05 Å². The number of nitrogens with zero attached hydrogens (tertiary/aromatic N) is 3. The number of fused-ring (bicyclic) bond motifs is 2. The number of anilines is 1. The van der Waals surface area contributed by atoms with Crippen molar-refractivity contribution < 1.29 is 9.53 Å². The Morgan fingerprint density at radius 2 is 2.14 bits per heavy atom. The molecule has 0 unspecified atom stereocenters. The molecule has 0 atom stereocenters. The Morgan fingerprint density at radius 3 is 2.89 bits per heavy atom. The predicted molar refractivity (Wildman–Crippen MR) is 111 cm³/mol. The number of para-hydroxylation sites is 1. The van der Waals surface area contributed by atoms with Gasteiger partial charge in [0.05, 0.1) is 17.7 Å². The zero-order chi connectivity index (χ0) is 19.7. The van der Waals surface area contributed by atoms with E-state index in [-0.39, 0.29) is 5.97 Å². The van der Waals surface area contributed by atoms with Gasteiger partial charge in [0, 0.05) is 42.3 Å². The maximum atomic E-state index is 11.9. The number of hydrogen-bond donors (Lipinski definition) is 2. The van der Waals surface area contributed by atoms with E-state index in [1.807, 2.05) is 36.9 Å². The quantitative estimate of drug-likeness (QED) is 0.410. The van der Waals surface area contributed by atoms with Gasteiger partial charge in [0.1, 0.15) is 17.8 Å². The van der Waals surface area contributed by atoms with Crippen LogP contribution in [0.2, 0.25) is 0 Å². The van der Waals surface area contributed by atoms with Gasteiger partial charge in [-0.3, -0.25) is 0 Å². The third-order valence-corrected chi connectivity index (χ3v) is 4.71. The fraction of sp³-hybridized carbons (Fsp3) is 0.190. The third kappa shape index (κ3) is 2.90. The molecule has 0 fully saturated rings.